The number of alkyl halides is 6. The molecule has 0 radical (unpaired) electrons. The van der Waals surface area contributed by atoms with Gasteiger partial charge in [0.25, 0.3) is 5.91 Å². The lowest BCUT2D eigenvalue weighted by atomic mass is 10.1. The molecule has 0 aliphatic heterocycles. The summed E-state index contributed by atoms with van der Waals surface area (Å²) in [4.78, 5) is 12.3. The van der Waals surface area contributed by atoms with Crippen molar-refractivity contribution >= 4 is 11.6 Å². The van der Waals surface area contributed by atoms with Gasteiger partial charge < -0.3 is 5.32 Å². The van der Waals surface area contributed by atoms with Crippen LogP contribution in [0.3, 0.4) is 0 Å². The van der Waals surface area contributed by atoms with E-state index in [-0.39, 0.29) is 10.4 Å². The van der Waals surface area contributed by atoms with Gasteiger partial charge in [-0.1, -0.05) is 12.1 Å². The van der Waals surface area contributed by atoms with Crippen LogP contribution in [0.1, 0.15) is 21.6 Å². The van der Waals surface area contributed by atoms with Crippen LogP contribution in [0.2, 0.25) is 0 Å². The molecule has 0 bridgehead atoms. The lowest BCUT2D eigenvalue weighted by Crippen LogP contribution is -2.21. The van der Waals surface area contributed by atoms with Crippen LogP contribution in [0.25, 0.3) is 5.69 Å². The van der Waals surface area contributed by atoms with E-state index in [9.17, 15) is 35.5 Å². The minimum atomic E-state index is -5.06. The Bertz CT molecular complexity index is 1040. The molecule has 152 valence electrons. The van der Waals surface area contributed by atoms with E-state index < -0.39 is 46.6 Å². The second-order valence-electron chi connectivity index (χ2n) is 5.80. The number of hydrogen-bond acceptors (Lipinski definition) is 2. The zero-order valence-electron chi connectivity index (χ0n) is 14.1. The first kappa shape index (κ1) is 20.4. The van der Waals surface area contributed by atoms with E-state index in [4.69, 9.17) is 0 Å². The van der Waals surface area contributed by atoms with Crippen LogP contribution in [-0.4, -0.2) is 15.7 Å². The molecule has 0 aliphatic carbocycles. The molecule has 1 N–H and O–H groups in total. The third-order valence-corrected chi connectivity index (χ3v) is 3.83. The molecule has 29 heavy (non-hydrogen) atoms. The highest BCUT2D eigenvalue weighted by molar-refractivity contribution is 6.05. The molecule has 0 saturated carbocycles. The molecule has 1 aromatic heterocycles. The van der Waals surface area contributed by atoms with Gasteiger partial charge in [-0.3, -0.25) is 4.79 Å². The molecular formula is C18H10F7N3O. The Morgan fingerprint density at radius 1 is 0.897 bits per heavy atom. The van der Waals surface area contributed by atoms with Gasteiger partial charge in [-0.25, -0.2) is 9.07 Å². The predicted octanol–water partition coefficient (Wildman–Crippen LogP) is 5.30. The largest absolute Gasteiger partial charge is 0.434 e. The lowest BCUT2D eigenvalue weighted by molar-refractivity contribution is -0.143. The Morgan fingerprint density at radius 3 is 2.07 bits per heavy atom. The molecule has 0 unspecified atom stereocenters. The van der Waals surface area contributed by atoms with Crippen LogP contribution in [-0.2, 0) is 12.4 Å². The minimum absolute atomic E-state index is 0.158. The average molecular weight is 417 g/mol. The molecule has 3 rings (SSSR count). The molecule has 0 fully saturated rings. The first-order chi connectivity index (χ1) is 13.5. The maximum absolute atomic E-state index is 13.9. The fourth-order valence-electron chi connectivity index (χ4n) is 2.53. The summed E-state index contributed by atoms with van der Waals surface area (Å²) in [7, 11) is 0. The van der Waals surface area contributed by atoms with Gasteiger partial charge in [0.15, 0.2) is 5.69 Å². The highest BCUT2D eigenvalue weighted by atomic mass is 19.4. The Labute approximate surface area is 158 Å². The number of carbonyl (C=O) groups excluding carboxylic acids is 1. The average Bonchev–Trinajstić information content (AvgIpc) is 3.07. The van der Waals surface area contributed by atoms with Gasteiger partial charge in [0.05, 0.1) is 17.3 Å². The molecule has 0 spiro atoms. The Morgan fingerprint density at radius 2 is 1.52 bits per heavy atom. The standard InChI is InChI=1S/C18H10F7N3O/c19-13-3-1-2-4-14(13)28-15(18(23,24)25)12(9-26-28)16(29)27-11-7-5-10(6-8-11)17(20,21)22/h1-9H,(H,27,29). The van der Waals surface area contributed by atoms with Crippen LogP contribution in [0.4, 0.5) is 36.4 Å². The van der Waals surface area contributed by atoms with Crippen molar-refractivity contribution in [3.63, 3.8) is 0 Å². The molecule has 2 aromatic carbocycles. The van der Waals surface area contributed by atoms with Crippen LogP contribution in [0, 0.1) is 5.82 Å². The molecule has 0 atom stereocenters. The monoisotopic (exact) mass is 417 g/mol. The quantitative estimate of drug-likeness (QED) is 0.588. The fraction of sp³-hybridized carbons (Fsp3) is 0.111. The normalized spacial score (nSPS) is 12.1. The number of nitrogens with one attached hydrogen (secondary N) is 1. The highest BCUT2D eigenvalue weighted by Gasteiger charge is 2.41. The summed E-state index contributed by atoms with van der Waals surface area (Å²) >= 11 is 0. The maximum Gasteiger partial charge on any atom is 0.434 e. The summed E-state index contributed by atoms with van der Waals surface area (Å²) in [6.45, 7) is 0. The molecule has 0 saturated heterocycles. The summed E-state index contributed by atoms with van der Waals surface area (Å²) in [6.07, 6.45) is -9.06. The summed E-state index contributed by atoms with van der Waals surface area (Å²) in [6, 6.07) is 7.68. The van der Waals surface area contributed by atoms with Gasteiger partial charge in [0.1, 0.15) is 11.5 Å². The zero-order valence-corrected chi connectivity index (χ0v) is 14.1. The van der Waals surface area contributed by atoms with Gasteiger partial charge in [0.2, 0.25) is 0 Å². The third kappa shape index (κ3) is 4.23. The number of hydrogen-bond donors (Lipinski definition) is 1. The van der Waals surface area contributed by atoms with Gasteiger partial charge in [-0.2, -0.15) is 31.4 Å². The van der Waals surface area contributed by atoms with Crippen molar-refractivity contribution in [3.8, 4) is 5.69 Å². The number of aromatic nitrogens is 2. The Hall–Kier alpha value is -3.37. The first-order valence-electron chi connectivity index (χ1n) is 7.87. The molecule has 1 amide bonds. The Kier molecular flexibility index (Phi) is 5.07. The van der Waals surface area contributed by atoms with Gasteiger partial charge in [-0.15, -0.1) is 0 Å². The topological polar surface area (TPSA) is 46.9 Å². The first-order valence-corrected chi connectivity index (χ1v) is 7.87. The van der Waals surface area contributed by atoms with E-state index >= 15 is 0 Å². The van der Waals surface area contributed by atoms with Crippen molar-refractivity contribution in [1.82, 2.24) is 9.78 Å². The third-order valence-electron chi connectivity index (χ3n) is 3.83. The van der Waals surface area contributed by atoms with Crippen molar-refractivity contribution in [1.29, 1.82) is 0 Å². The van der Waals surface area contributed by atoms with Gasteiger partial charge >= 0.3 is 12.4 Å². The second kappa shape index (κ2) is 7.22. The fourth-order valence-corrected chi connectivity index (χ4v) is 2.53. The van der Waals surface area contributed by atoms with Crippen LogP contribution < -0.4 is 5.32 Å². The van der Waals surface area contributed by atoms with Crippen molar-refractivity contribution in [2.75, 3.05) is 5.32 Å². The van der Waals surface area contributed by atoms with Gasteiger partial charge in [-0.05, 0) is 36.4 Å². The van der Waals surface area contributed by atoms with E-state index in [1.165, 1.54) is 12.1 Å². The number of nitrogens with zero attached hydrogens (tertiary/aromatic N) is 2. The van der Waals surface area contributed by atoms with E-state index in [1.54, 1.807) is 0 Å². The predicted molar refractivity (Wildman–Crippen MR) is 87.9 cm³/mol. The number of halogens is 7. The number of carbonyl (C=O) groups is 1. The summed E-state index contributed by atoms with van der Waals surface area (Å²) < 4.78 is 92.5. The number of amides is 1. The summed E-state index contributed by atoms with van der Waals surface area (Å²) in [5, 5.41) is 5.55. The molecule has 0 aliphatic rings. The smallest absolute Gasteiger partial charge is 0.322 e. The molecule has 4 nitrogen and oxygen atoms in total. The highest BCUT2D eigenvalue weighted by Crippen LogP contribution is 2.35. The van der Waals surface area contributed by atoms with Crippen molar-refractivity contribution in [2.45, 2.75) is 12.4 Å². The number of para-hydroxylation sites is 1. The molecular weight excluding hydrogens is 407 g/mol. The van der Waals surface area contributed by atoms with Crippen molar-refractivity contribution in [3.05, 3.63) is 77.4 Å². The van der Waals surface area contributed by atoms with Crippen molar-refractivity contribution in [2.24, 2.45) is 0 Å². The lowest BCUT2D eigenvalue weighted by Gasteiger charge is -2.13. The van der Waals surface area contributed by atoms with E-state index in [2.05, 4.69) is 10.4 Å². The van der Waals surface area contributed by atoms with E-state index in [0.29, 0.717) is 18.3 Å². The molecule has 11 heteroatoms. The zero-order chi connectivity index (χ0) is 21.4. The number of benzene rings is 2. The molecule has 3 aromatic rings. The van der Waals surface area contributed by atoms with Crippen molar-refractivity contribution < 1.29 is 35.5 Å². The Balaban J connectivity index is 1.96. The molecule has 1 heterocycles. The SMILES string of the molecule is O=C(Nc1ccc(C(F)(F)F)cc1)c1cnn(-c2ccccc2F)c1C(F)(F)F. The maximum atomic E-state index is 13.9. The van der Waals surface area contributed by atoms with Gasteiger partial charge in [0, 0.05) is 5.69 Å². The summed E-state index contributed by atoms with van der Waals surface area (Å²) in [5.74, 6) is -2.25. The van der Waals surface area contributed by atoms with E-state index in [1.807, 2.05) is 0 Å². The number of rotatable bonds is 3. The van der Waals surface area contributed by atoms with Crippen LogP contribution in [0.5, 0.6) is 0 Å². The second-order valence-corrected chi connectivity index (χ2v) is 5.80. The number of anilines is 1. The summed E-state index contributed by atoms with van der Waals surface area (Å²) in [5.41, 5.74) is -4.10. The van der Waals surface area contributed by atoms with E-state index in [0.717, 1.165) is 24.3 Å². The van der Waals surface area contributed by atoms with Crippen LogP contribution >= 0.6 is 0 Å². The van der Waals surface area contributed by atoms with Crippen LogP contribution in [0.15, 0.2) is 54.7 Å². The minimum Gasteiger partial charge on any atom is -0.322 e.